The van der Waals surface area contributed by atoms with E-state index in [9.17, 15) is 31.1 Å². The Hall–Kier alpha value is -1.21. The highest BCUT2D eigenvalue weighted by atomic mass is 19.4. The van der Waals surface area contributed by atoms with E-state index in [0.29, 0.717) is 0 Å². The highest BCUT2D eigenvalue weighted by Gasteiger charge is 2.58. The first-order valence-corrected chi connectivity index (χ1v) is 3.04. The van der Waals surface area contributed by atoms with E-state index in [1.807, 2.05) is 0 Å². The van der Waals surface area contributed by atoms with Gasteiger partial charge in [0.25, 0.3) is 0 Å². The second-order valence-corrected chi connectivity index (χ2v) is 2.18. The fraction of sp³-hybridized carbons (Fsp3) is 0.500. The third-order valence-electron chi connectivity index (χ3n) is 1.02. The van der Waals surface area contributed by atoms with Crippen molar-refractivity contribution in [1.82, 2.24) is 0 Å². The lowest BCUT2D eigenvalue weighted by Gasteiger charge is -2.18. The second kappa shape index (κ2) is 3.89. The molecule has 2 nitrogen and oxygen atoms in total. The average Bonchev–Trinajstić information content (AvgIpc) is 1.97. The first kappa shape index (κ1) is 12.8. The Balaban J connectivity index is 4.27. The number of carbonyl (C=O) groups excluding carboxylic acids is 1. The van der Waals surface area contributed by atoms with Gasteiger partial charge < -0.3 is 4.74 Å². The molecule has 0 aromatic rings. The molecule has 0 heterocycles. The van der Waals surface area contributed by atoms with Crippen LogP contribution in [0.1, 0.15) is 0 Å². The van der Waals surface area contributed by atoms with Gasteiger partial charge in [0, 0.05) is 0 Å². The summed E-state index contributed by atoms with van der Waals surface area (Å²) < 4.78 is 73.4. The van der Waals surface area contributed by atoms with E-state index in [2.05, 4.69) is 11.3 Å². The summed E-state index contributed by atoms with van der Waals surface area (Å²) in [6.07, 6.45) is -5.84. The van der Waals surface area contributed by atoms with Crippen LogP contribution >= 0.6 is 0 Å². The van der Waals surface area contributed by atoms with Crippen LogP contribution < -0.4 is 0 Å². The van der Waals surface area contributed by atoms with Gasteiger partial charge in [-0.3, -0.25) is 0 Å². The third-order valence-corrected chi connectivity index (χ3v) is 1.02. The smallest absolute Gasteiger partial charge is 0.454 e. The van der Waals surface area contributed by atoms with Gasteiger partial charge in [-0.15, -0.1) is 0 Å². The molecule has 0 aliphatic rings. The number of alkyl halides is 5. The minimum absolute atomic E-state index is 1.75. The van der Waals surface area contributed by atoms with E-state index in [4.69, 9.17) is 0 Å². The second-order valence-electron chi connectivity index (χ2n) is 2.18. The largest absolute Gasteiger partial charge is 0.456 e. The van der Waals surface area contributed by atoms with E-state index in [1.165, 1.54) is 0 Å². The molecule has 82 valence electrons. The van der Waals surface area contributed by atoms with Crippen molar-refractivity contribution < 1.29 is 35.9 Å². The van der Waals surface area contributed by atoms with Crippen molar-refractivity contribution in [1.29, 1.82) is 0 Å². The van der Waals surface area contributed by atoms with Gasteiger partial charge in [-0.05, 0) is 0 Å². The van der Waals surface area contributed by atoms with Crippen LogP contribution in [0.25, 0.3) is 0 Å². The van der Waals surface area contributed by atoms with Crippen LogP contribution in [-0.2, 0) is 9.53 Å². The molecule has 0 spiro atoms. The maximum absolute atomic E-state index is 12.0. The Labute approximate surface area is 74.1 Å². The molecule has 0 saturated heterocycles. The van der Waals surface area contributed by atoms with Crippen LogP contribution in [0.4, 0.5) is 26.3 Å². The lowest BCUT2D eigenvalue weighted by molar-refractivity contribution is -0.293. The SMILES string of the molecule is C=C(F)C(=O)OCC(F)(F)C(F)(F)F. The Bertz CT molecular complexity index is 243. The zero-order valence-corrected chi connectivity index (χ0v) is 6.50. The number of halogens is 6. The summed E-state index contributed by atoms with van der Waals surface area (Å²) in [6, 6.07) is 0. The summed E-state index contributed by atoms with van der Waals surface area (Å²) in [5.74, 6) is -8.89. The summed E-state index contributed by atoms with van der Waals surface area (Å²) in [5.41, 5.74) is 0. The molecule has 0 aromatic heterocycles. The van der Waals surface area contributed by atoms with Crippen molar-refractivity contribution in [2.24, 2.45) is 0 Å². The predicted molar refractivity (Wildman–Crippen MR) is 32.2 cm³/mol. The van der Waals surface area contributed by atoms with Crippen molar-refractivity contribution in [3.05, 3.63) is 12.4 Å². The number of carbonyl (C=O) groups is 1. The number of hydrogen-bond donors (Lipinski definition) is 0. The van der Waals surface area contributed by atoms with Crippen molar-refractivity contribution in [2.45, 2.75) is 12.1 Å². The maximum atomic E-state index is 12.0. The number of ether oxygens (including phenoxy) is 1. The van der Waals surface area contributed by atoms with Gasteiger partial charge in [-0.1, -0.05) is 6.58 Å². The first-order chi connectivity index (χ1) is 6.08. The number of rotatable bonds is 3. The lowest BCUT2D eigenvalue weighted by Crippen LogP contribution is -2.41. The first-order valence-electron chi connectivity index (χ1n) is 3.04. The van der Waals surface area contributed by atoms with Gasteiger partial charge in [0.15, 0.2) is 6.61 Å². The molecule has 0 aliphatic heterocycles. The molecule has 0 fully saturated rings. The van der Waals surface area contributed by atoms with Gasteiger partial charge in [-0.25, -0.2) is 4.79 Å². The Morgan fingerprint density at radius 1 is 1.21 bits per heavy atom. The quantitative estimate of drug-likeness (QED) is 0.415. The summed E-state index contributed by atoms with van der Waals surface area (Å²) in [6.45, 7) is 0.0849. The predicted octanol–water partition coefficient (Wildman–Crippen LogP) is 2.21. The number of hydrogen-bond acceptors (Lipinski definition) is 2. The van der Waals surface area contributed by atoms with Crippen molar-refractivity contribution >= 4 is 5.97 Å². The van der Waals surface area contributed by atoms with E-state index < -0.39 is 30.5 Å². The van der Waals surface area contributed by atoms with E-state index in [-0.39, 0.29) is 0 Å². The van der Waals surface area contributed by atoms with Crippen LogP contribution in [0.5, 0.6) is 0 Å². The van der Waals surface area contributed by atoms with Gasteiger partial charge in [0.2, 0.25) is 5.83 Å². The molecule has 0 aliphatic carbocycles. The summed E-state index contributed by atoms with van der Waals surface area (Å²) in [5, 5.41) is 0. The van der Waals surface area contributed by atoms with E-state index in [1.54, 1.807) is 0 Å². The molecule has 8 heteroatoms. The highest BCUT2D eigenvalue weighted by Crippen LogP contribution is 2.35. The lowest BCUT2D eigenvalue weighted by atomic mass is 10.3. The topological polar surface area (TPSA) is 26.3 Å². The van der Waals surface area contributed by atoms with Gasteiger partial charge in [-0.2, -0.15) is 26.3 Å². The highest BCUT2D eigenvalue weighted by molar-refractivity contribution is 5.85. The van der Waals surface area contributed by atoms with E-state index >= 15 is 0 Å². The van der Waals surface area contributed by atoms with Crippen LogP contribution in [0.3, 0.4) is 0 Å². The van der Waals surface area contributed by atoms with E-state index in [0.717, 1.165) is 0 Å². The number of esters is 1. The van der Waals surface area contributed by atoms with Crippen molar-refractivity contribution in [2.75, 3.05) is 6.61 Å². The molecule has 0 aromatic carbocycles. The molecule has 0 rings (SSSR count). The van der Waals surface area contributed by atoms with Crippen LogP contribution in [-0.4, -0.2) is 24.7 Å². The van der Waals surface area contributed by atoms with Crippen molar-refractivity contribution in [3.8, 4) is 0 Å². The Morgan fingerprint density at radius 2 is 1.64 bits per heavy atom. The normalized spacial score (nSPS) is 12.4. The van der Waals surface area contributed by atoms with Crippen LogP contribution in [0.15, 0.2) is 12.4 Å². The van der Waals surface area contributed by atoms with Crippen LogP contribution in [0.2, 0.25) is 0 Å². The standard InChI is InChI=1S/C6H4F6O2/c1-3(7)4(13)14-2-5(8,9)6(10,11)12/h1-2H2. The van der Waals surface area contributed by atoms with Gasteiger partial charge in [0.1, 0.15) is 0 Å². The van der Waals surface area contributed by atoms with Gasteiger partial charge in [0.05, 0.1) is 0 Å². The fourth-order valence-electron chi connectivity index (χ4n) is 0.316. The minimum Gasteiger partial charge on any atom is -0.454 e. The molecule has 0 atom stereocenters. The minimum atomic E-state index is -5.84. The Kier molecular flexibility index (Phi) is 3.55. The fourth-order valence-corrected chi connectivity index (χ4v) is 0.316. The summed E-state index contributed by atoms with van der Waals surface area (Å²) in [4.78, 5) is 10.1. The molecular formula is C6H4F6O2. The molecule has 14 heavy (non-hydrogen) atoms. The molecule has 0 bridgehead atoms. The zero-order valence-electron chi connectivity index (χ0n) is 6.50. The molecular weight excluding hydrogens is 218 g/mol. The maximum Gasteiger partial charge on any atom is 0.456 e. The van der Waals surface area contributed by atoms with Crippen molar-refractivity contribution in [3.63, 3.8) is 0 Å². The molecule has 0 radical (unpaired) electrons. The average molecular weight is 222 g/mol. The van der Waals surface area contributed by atoms with Gasteiger partial charge >= 0.3 is 18.1 Å². The molecule has 0 N–H and O–H groups in total. The molecule has 0 unspecified atom stereocenters. The molecule has 0 amide bonds. The zero-order chi connectivity index (χ0) is 11.6. The summed E-state index contributed by atoms with van der Waals surface area (Å²) in [7, 11) is 0. The molecule has 0 saturated carbocycles. The third kappa shape index (κ3) is 3.27. The monoisotopic (exact) mass is 222 g/mol. The van der Waals surface area contributed by atoms with Crippen LogP contribution in [0, 0.1) is 0 Å². The summed E-state index contributed by atoms with van der Waals surface area (Å²) >= 11 is 0. The Morgan fingerprint density at radius 3 is 1.93 bits per heavy atom.